The lowest BCUT2D eigenvalue weighted by Gasteiger charge is -2.09. The molecule has 0 bridgehead atoms. The number of ether oxygens (including phenoxy) is 3. The van der Waals surface area contributed by atoms with Crippen LogP contribution < -0.4 is 25.3 Å². The van der Waals surface area contributed by atoms with Gasteiger partial charge < -0.3 is 25.3 Å². The van der Waals surface area contributed by atoms with E-state index in [0.29, 0.717) is 32.6 Å². The maximum atomic E-state index is 11.9. The van der Waals surface area contributed by atoms with Crippen molar-refractivity contribution in [3.63, 3.8) is 0 Å². The number of nitrogens with one attached hydrogen (secondary N) is 1. The zero-order valence-corrected chi connectivity index (χ0v) is 14.4. The maximum absolute atomic E-state index is 11.9. The molecule has 2 aromatic rings. The molecule has 0 aliphatic heterocycles. The summed E-state index contributed by atoms with van der Waals surface area (Å²) >= 11 is 0. The van der Waals surface area contributed by atoms with Crippen molar-refractivity contribution in [1.29, 1.82) is 0 Å². The third-order valence-electron chi connectivity index (χ3n) is 3.40. The third-order valence-corrected chi connectivity index (χ3v) is 3.40. The lowest BCUT2D eigenvalue weighted by Crippen LogP contribution is -2.13. The number of hydrogen-bond acceptors (Lipinski definition) is 5. The van der Waals surface area contributed by atoms with Gasteiger partial charge in [0, 0.05) is 18.7 Å². The number of methoxy groups -OCH3 is 1. The molecule has 0 radical (unpaired) electrons. The summed E-state index contributed by atoms with van der Waals surface area (Å²) < 4.78 is 16.1. The average Bonchev–Trinajstić information content (AvgIpc) is 2.65. The standard InChI is InChI=1S/C19H24N2O4/c1-23-16-8-10-18(11-9-16)24-13-2-3-19(22)21-15-4-6-17(7-5-15)25-14-12-20/h4-11H,2-3,12-14,20H2,1H3,(H,21,22). The Labute approximate surface area is 147 Å². The van der Waals surface area contributed by atoms with Crippen molar-refractivity contribution in [3.05, 3.63) is 48.5 Å². The third kappa shape index (κ3) is 6.73. The summed E-state index contributed by atoms with van der Waals surface area (Å²) in [5, 5.41) is 2.85. The summed E-state index contributed by atoms with van der Waals surface area (Å²) in [6, 6.07) is 14.6. The lowest BCUT2D eigenvalue weighted by molar-refractivity contribution is -0.116. The van der Waals surface area contributed by atoms with Crippen molar-refractivity contribution in [3.8, 4) is 17.2 Å². The van der Waals surface area contributed by atoms with Gasteiger partial charge in [0.1, 0.15) is 23.9 Å². The van der Waals surface area contributed by atoms with E-state index >= 15 is 0 Å². The molecule has 6 heteroatoms. The second-order valence-corrected chi connectivity index (χ2v) is 5.34. The predicted octanol–water partition coefficient (Wildman–Crippen LogP) is 2.83. The second-order valence-electron chi connectivity index (χ2n) is 5.34. The SMILES string of the molecule is COc1ccc(OCCCC(=O)Nc2ccc(OCCN)cc2)cc1. The van der Waals surface area contributed by atoms with Crippen LogP contribution in [-0.4, -0.2) is 32.8 Å². The van der Waals surface area contributed by atoms with Gasteiger partial charge in [-0.05, 0) is 55.0 Å². The highest BCUT2D eigenvalue weighted by Crippen LogP contribution is 2.18. The van der Waals surface area contributed by atoms with Gasteiger partial charge in [0.15, 0.2) is 0 Å². The van der Waals surface area contributed by atoms with Crippen LogP contribution in [0.2, 0.25) is 0 Å². The summed E-state index contributed by atoms with van der Waals surface area (Å²) in [5.74, 6) is 2.23. The van der Waals surface area contributed by atoms with Crippen molar-refractivity contribution in [1.82, 2.24) is 0 Å². The Morgan fingerprint density at radius 1 is 0.920 bits per heavy atom. The Kier molecular flexibility index (Phi) is 7.59. The number of hydrogen-bond donors (Lipinski definition) is 2. The fraction of sp³-hybridized carbons (Fsp3) is 0.316. The van der Waals surface area contributed by atoms with E-state index in [9.17, 15) is 4.79 Å². The molecule has 0 atom stereocenters. The molecule has 0 aliphatic rings. The van der Waals surface area contributed by atoms with Crippen LogP contribution in [0.4, 0.5) is 5.69 Å². The molecule has 25 heavy (non-hydrogen) atoms. The fourth-order valence-corrected chi connectivity index (χ4v) is 2.13. The van der Waals surface area contributed by atoms with Crippen molar-refractivity contribution < 1.29 is 19.0 Å². The quantitative estimate of drug-likeness (QED) is 0.648. The smallest absolute Gasteiger partial charge is 0.224 e. The molecule has 6 nitrogen and oxygen atoms in total. The molecule has 2 aromatic carbocycles. The largest absolute Gasteiger partial charge is 0.497 e. The molecule has 0 saturated heterocycles. The molecule has 0 unspecified atom stereocenters. The van der Waals surface area contributed by atoms with Gasteiger partial charge >= 0.3 is 0 Å². The van der Waals surface area contributed by atoms with Gasteiger partial charge in [-0.3, -0.25) is 4.79 Å². The molecule has 0 aliphatic carbocycles. The molecular formula is C19H24N2O4. The van der Waals surface area contributed by atoms with Crippen molar-refractivity contribution in [2.24, 2.45) is 5.73 Å². The van der Waals surface area contributed by atoms with Crippen LogP contribution in [0, 0.1) is 0 Å². The van der Waals surface area contributed by atoms with Crippen molar-refractivity contribution in [2.45, 2.75) is 12.8 Å². The van der Waals surface area contributed by atoms with Gasteiger partial charge in [0.2, 0.25) is 5.91 Å². The van der Waals surface area contributed by atoms with E-state index in [-0.39, 0.29) is 5.91 Å². The van der Waals surface area contributed by atoms with Crippen LogP contribution in [0.1, 0.15) is 12.8 Å². The number of carbonyl (C=O) groups is 1. The van der Waals surface area contributed by atoms with Crippen LogP contribution in [0.3, 0.4) is 0 Å². The van der Waals surface area contributed by atoms with Gasteiger partial charge in [-0.1, -0.05) is 0 Å². The topological polar surface area (TPSA) is 82.8 Å². The van der Waals surface area contributed by atoms with E-state index in [1.165, 1.54) is 0 Å². The summed E-state index contributed by atoms with van der Waals surface area (Å²) in [5.41, 5.74) is 6.12. The van der Waals surface area contributed by atoms with Gasteiger partial charge in [-0.2, -0.15) is 0 Å². The molecule has 0 aromatic heterocycles. The minimum atomic E-state index is -0.0473. The number of rotatable bonds is 10. The van der Waals surface area contributed by atoms with Gasteiger partial charge in [0.25, 0.3) is 0 Å². The molecule has 0 fully saturated rings. The first-order valence-corrected chi connectivity index (χ1v) is 8.21. The Balaban J connectivity index is 1.66. The highest BCUT2D eigenvalue weighted by Gasteiger charge is 2.03. The van der Waals surface area contributed by atoms with Crippen LogP contribution in [-0.2, 0) is 4.79 Å². The van der Waals surface area contributed by atoms with Crippen LogP contribution in [0.15, 0.2) is 48.5 Å². The first kappa shape index (κ1) is 18.6. The molecule has 0 saturated carbocycles. The Morgan fingerprint density at radius 3 is 2.08 bits per heavy atom. The van der Waals surface area contributed by atoms with E-state index in [1.54, 1.807) is 31.4 Å². The Morgan fingerprint density at radius 2 is 1.48 bits per heavy atom. The number of amides is 1. The highest BCUT2D eigenvalue weighted by molar-refractivity contribution is 5.90. The Bertz CT molecular complexity index is 641. The molecule has 0 heterocycles. The van der Waals surface area contributed by atoms with E-state index in [2.05, 4.69) is 5.32 Å². The molecule has 1 amide bonds. The first-order chi connectivity index (χ1) is 12.2. The molecule has 0 spiro atoms. The van der Waals surface area contributed by atoms with Gasteiger partial charge in [-0.25, -0.2) is 0 Å². The zero-order chi connectivity index (χ0) is 17.9. The summed E-state index contributed by atoms with van der Waals surface area (Å²) in [6.45, 7) is 1.42. The van der Waals surface area contributed by atoms with Crippen molar-refractivity contribution in [2.75, 3.05) is 32.2 Å². The monoisotopic (exact) mass is 344 g/mol. The van der Waals surface area contributed by atoms with E-state index in [0.717, 1.165) is 22.9 Å². The molecule has 134 valence electrons. The fourth-order valence-electron chi connectivity index (χ4n) is 2.13. The summed E-state index contributed by atoms with van der Waals surface area (Å²) in [6.07, 6.45) is 1.02. The van der Waals surface area contributed by atoms with Crippen LogP contribution in [0.25, 0.3) is 0 Å². The van der Waals surface area contributed by atoms with Gasteiger partial charge in [0.05, 0.1) is 13.7 Å². The highest BCUT2D eigenvalue weighted by atomic mass is 16.5. The number of nitrogens with two attached hydrogens (primary N) is 1. The number of carbonyl (C=O) groups excluding carboxylic acids is 1. The average molecular weight is 344 g/mol. The molecular weight excluding hydrogens is 320 g/mol. The molecule has 3 N–H and O–H groups in total. The van der Waals surface area contributed by atoms with E-state index in [4.69, 9.17) is 19.9 Å². The van der Waals surface area contributed by atoms with E-state index < -0.39 is 0 Å². The van der Waals surface area contributed by atoms with Crippen LogP contribution in [0.5, 0.6) is 17.2 Å². The summed E-state index contributed by atoms with van der Waals surface area (Å²) in [7, 11) is 1.62. The lowest BCUT2D eigenvalue weighted by atomic mass is 10.2. The van der Waals surface area contributed by atoms with Crippen molar-refractivity contribution >= 4 is 11.6 Å². The number of benzene rings is 2. The first-order valence-electron chi connectivity index (χ1n) is 8.21. The maximum Gasteiger partial charge on any atom is 0.224 e. The van der Waals surface area contributed by atoms with Crippen LogP contribution >= 0.6 is 0 Å². The number of anilines is 1. The predicted molar refractivity (Wildman–Crippen MR) is 97.3 cm³/mol. The Hall–Kier alpha value is -2.73. The second kappa shape index (κ2) is 10.2. The van der Waals surface area contributed by atoms with Gasteiger partial charge in [-0.15, -0.1) is 0 Å². The normalized spacial score (nSPS) is 10.2. The van der Waals surface area contributed by atoms with E-state index in [1.807, 2.05) is 24.3 Å². The zero-order valence-electron chi connectivity index (χ0n) is 14.4. The summed E-state index contributed by atoms with van der Waals surface area (Å²) in [4.78, 5) is 11.9. The minimum absolute atomic E-state index is 0.0473. The minimum Gasteiger partial charge on any atom is -0.497 e. The molecule has 2 rings (SSSR count).